The van der Waals surface area contributed by atoms with Gasteiger partial charge in [0.2, 0.25) is 59.3 Å². The normalized spacial score (nSPS) is 14.4. The van der Waals surface area contributed by atoms with Crippen LogP contribution in [0.5, 0.6) is 11.5 Å². The van der Waals surface area contributed by atoms with Crippen LogP contribution < -0.4 is 36.1 Å². The van der Waals surface area contributed by atoms with Gasteiger partial charge >= 0.3 is 12.5 Å². The fraction of sp³-hybridized carbons (Fsp3) is 0.383. The molecule has 0 atom stereocenters. The molecular weight excluding hydrogens is 1760 g/mol. The summed E-state index contributed by atoms with van der Waals surface area (Å²) in [5.41, 5.74) is 6.91. The van der Waals surface area contributed by atoms with Crippen LogP contribution in [-0.2, 0) is 30.1 Å². The molecule has 1 aliphatic heterocycles. The van der Waals surface area contributed by atoms with Crippen molar-refractivity contribution >= 4 is 115 Å². The molecule has 0 radical (unpaired) electrons. The number of alkyl halides is 7. The second-order valence-electron chi connectivity index (χ2n) is 38.0. The van der Waals surface area contributed by atoms with Crippen molar-refractivity contribution in [3.8, 4) is 34.2 Å². The highest BCUT2D eigenvalue weighted by Crippen LogP contribution is 2.49. The van der Waals surface area contributed by atoms with Crippen molar-refractivity contribution in [3.05, 3.63) is 191 Å². The topological polar surface area (TPSA) is 351 Å². The van der Waals surface area contributed by atoms with Crippen LogP contribution in [0.15, 0.2) is 134 Å². The van der Waals surface area contributed by atoms with E-state index in [1.165, 1.54) is 57.9 Å². The molecule has 5 amide bonds. The highest BCUT2D eigenvalue weighted by atomic mass is 19.4. The largest absolute Gasteiger partial charge is 0.586 e. The number of hydrogen-bond donors (Lipinski definition) is 6. The quantitative estimate of drug-likeness (QED) is 0.0461. The number of rotatable bonds is 17. The van der Waals surface area contributed by atoms with Crippen molar-refractivity contribution in [2.75, 3.05) is 26.6 Å². The van der Waals surface area contributed by atoms with E-state index < -0.39 is 64.9 Å². The number of aliphatic hydroxyl groups is 1. The third-order valence-corrected chi connectivity index (χ3v) is 20.9. The van der Waals surface area contributed by atoms with Gasteiger partial charge in [0.15, 0.2) is 39.7 Å². The number of imidazole rings is 5. The van der Waals surface area contributed by atoms with Crippen molar-refractivity contribution < 1.29 is 86.8 Å². The van der Waals surface area contributed by atoms with Crippen LogP contribution in [-0.4, -0.2) is 130 Å². The monoisotopic (exact) mass is 1860 g/mol. The minimum atomic E-state index is -4.53. The molecule has 3 aliphatic rings. The maximum Gasteiger partial charge on any atom is 0.586 e. The van der Waals surface area contributed by atoms with E-state index >= 15 is 0 Å². The smallest absolute Gasteiger partial charge is 0.395 e. The van der Waals surface area contributed by atoms with Crippen molar-refractivity contribution in [1.82, 2.24) is 77.7 Å². The van der Waals surface area contributed by atoms with Gasteiger partial charge < -0.3 is 14.6 Å². The number of carbonyl (C=O) groups is 5. The maximum atomic E-state index is 13.8. The summed E-state index contributed by atoms with van der Waals surface area (Å²) in [6.45, 7) is 31.7. The van der Waals surface area contributed by atoms with Crippen molar-refractivity contribution in [3.63, 3.8) is 0 Å². The molecule has 40 heteroatoms. The first-order valence-electron chi connectivity index (χ1n) is 42.7. The summed E-state index contributed by atoms with van der Waals surface area (Å²) in [6.07, 6.45) is -3.40. The third kappa shape index (κ3) is 24.5. The predicted octanol–water partition coefficient (Wildman–Crippen LogP) is 20.7. The summed E-state index contributed by atoms with van der Waals surface area (Å²) in [6, 6.07) is 30.1. The lowest BCUT2D eigenvalue weighted by Crippen LogP contribution is -2.37. The van der Waals surface area contributed by atoms with Crippen molar-refractivity contribution in [2.45, 2.75) is 212 Å². The van der Waals surface area contributed by atoms with E-state index in [9.17, 15) is 77.4 Å². The molecule has 2 fully saturated rings. The lowest BCUT2D eigenvalue weighted by atomic mass is 9.68. The molecule has 0 unspecified atom stereocenters. The number of benzene rings is 3. The van der Waals surface area contributed by atoms with Crippen LogP contribution >= 0.6 is 0 Å². The van der Waals surface area contributed by atoms with Gasteiger partial charge in [0.1, 0.15) is 56.5 Å². The molecule has 0 bridgehead atoms. The molecule has 706 valence electrons. The molecule has 0 saturated heterocycles. The number of carbonyl (C=O) groups excluding carboxylic acids is 5. The van der Waals surface area contributed by atoms with Crippen LogP contribution in [0.3, 0.4) is 0 Å². The number of hydrogen-bond acceptors (Lipinski definition) is 19. The SMILES string of the molecule is Cc1ccc2nc(NC(=O)CC(C)(C)C)n(-c3ccc(C(F)(F)F)nc3)c2n1.Cc1ccc2nc(NC(=O)CC(C)(C)C)n(-c3ccc4c(c3)OC(F)(F)O4)c2n1.Cc1ccc2nc(NC(=O)CC(C)(C)C)n(C3CC(F)(F)C3)c2n1.Cc1ccc2nc(NC(=O)CC(C)(C)O)n(-c3cc(F)cc(F)c3)c2n1.Cc1ccc2nc(NC(=O)CC3(C)CCC3)n(-c3cc(F)cc(F)c3)c2n1. The van der Waals surface area contributed by atoms with Gasteiger partial charge in [-0.1, -0.05) is 75.7 Å². The van der Waals surface area contributed by atoms with Gasteiger partial charge in [-0.05, 0) is 192 Å². The minimum absolute atomic E-state index is 0.0146. The first kappa shape index (κ1) is 97.6. The Morgan fingerprint density at radius 3 is 1.07 bits per heavy atom. The molecule has 2 aliphatic carbocycles. The van der Waals surface area contributed by atoms with Gasteiger partial charge in [0, 0.05) is 85.2 Å². The Morgan fingerprint density at radius 1 is 0.403 bits per heavy atom. The number of anilines is 5. The first-order chi connectivity index (χ1) is 62.4. The van der Waals surface area contributed by atoms with Crippen LogP contribution in [0, 0.1) is 79.5 Å². The Morgan fingerprint density at radius 2 is 0.731 bits per heavy atom. The zero-order chi connectivity index (χ0) is 97.6. The van der Waals surface area contributed by atoms with E-state index in [-0.39, 0.29) is 124 Å². The number of aromatic nitrogens is 16. The number of ether oxygens (including phenoxy) is 2. The van der Waals surface area contributed by atoms with Crippen LogP contribution in [0.4, 0.5) is 78.0 Å². The van der Waals surface area contributed by atoms with E-state index in [0.29, 0.717) is 97.4 Å². The average molecular weight is 1860 g/mol. The fourth-order valence-electron chi connectivity index (χ4n) is 15.0. The third-order valence-electron chi connectivity index (χ3n) is 20.9. The summed E-state index contributed by atoms with van der Waals surface area (Å²) < 4.78 is 164. The maximum absolute atomic E-state index is 13.8. The van der Waals surface area contributed by atoms with Gasteiger partial charge in [0.05, 0.1) is 47.0 Å². The second-order valence-corrected chi connectivity index (χ2v) is 38.0. The number of halogens is 11. The van der Waals surface area contributed by atoms with Gasteiger partial charge in [-0.3, -0.25) is 73.4 Å². The number of pyridine rings is 6. The summed E-state index contributed by atoms with van der Waals surface area (Å²) in [7, 11) is 0. The van der Waals surface area contributed by atoms with Gasteiger partial charge in [0.25, 0.3) is 5.92 Å². The Hall–Kier alpha value is -14.0. The van der Waals surface area contributed by atoms with Crippen LogP contribution in [0.25, 0.3) is 78.6 Å². The van der Waals surface area contributed by atoms with Gasteiger partial charge in [-0.15, -0.1) is 8.78 Å². The number of nitrogens with one attached hydrogen (secondary N) is 5. The number of nitrogens with zero attached hydrogens (tertiary/aromatic N) is 16. The highest BCUT2D eigenvalue weighted by Gasteiger charge is 2.48. The summed E-state index contributed by atoms with van der Waals surface area (Å²) in [4.78, 5) is 110. The zero-order valence-electron chi connectivity index (χ0n) is 76.5. The summed E-state index contributed by atoms with van der Waals surface area (Å²) in [5, 5.41) is 23.5. The average Bonchev–Trinajstić information content (AvgIpc) is 1.61. The van der Waals surface area contributed by atoms with Crippen LogP contribution in [0.2, 0.25) is 0 Å². The van der Waals surface area contributed by atoms with E-state index in [4.69, 9.17) is 0 Å². The second kappa shape index (κ2) is 37.6. The first-order valence-corrected chi connectivity index (χ1v) is 42.7. The van der Waals surface area contributed by atoms with E-state index in [0.717, 1.165) is 72.9 Å². The number of fused-ring (bicyclic) bond motifs is 6. The Bertz CT molecular complexity index is 6780. The predicted molar refractivity (Wildman–Crippen MR) is 482 cm³/mol. The Balaban J connectivity index is 0.000000142. The number of aryl methyl sites for hydroxylation is 5. The molecular formula is C94H100F11N21O8. The van der Waals surface area contributed by atoms with E-state index in [1.807, 2.05) is 89.2 Å². The molecule has 17 rings (SSSR count). The van der Waals surface area contributed by atoms with Crippen molar-refractivity contribution in [2.24, 2.45) is 21.7 Å². The van der Waals surface area contributed by atoms with Crippen LogP contribution in [0.1, 0.15) is 187 Å². The molecule has 12 heterocycles. The van der Waals surface area contributed by atoms with Gasteiger partial charge in [-0.25, -0.2) is 81.2 Å². The molecule has 14 aromatic rings. The van der Waals surface area contributed by atoms with Gasteiger partial charge in [-0.2, -0.15) is 13.2 Å². The molecule has 29 nitrogen and oxygen atoms in total. The highest BCUT2D eigenvalue weighted by molar-refractivity contribution is 5.96. The standard InChI is InChI=1S/C20H20F2N4O3.C20H20F2N4O.C19H20F3N5O.C18H18F2N4O2.C17H22F2N4O/c1-11-5-7-13-17(23-11)26(18(24-13)25-16(27)10-19(2,3)4)12-6-8-14-15(9-12)29-20(21,22)28-14;1-12-4-5-16-18(23-12)26(15-9-13(21)8-14(22)10-15)19(24-16)25-17(27)11-20(2)6-3-7-20;1-11-5-7-13-16(24-11)27(12-6-8-14(23-10-12)19(20,21)22)17(25-13)26-15(28)9-18(2,3)4;1-10-4-5-14-16(21-10)24(13-7-11(19)6-12(20)8-13)17(22-14)23-15(25)9-18(2,3)26;1-10-5-6-12-14(20-10)23(11-7-17(18,19)8-11)15(21-12)22-13(24)9-16(2,3)4/h5-9H,10H2,1-4H3,(H,24,25,27);4-5,8-10H,3,6-7,11H2,1-2H3,(H,24,25,27);5-8,10H,9H2,1-4H3,(H,25,26,28);4-8,26H,9H2,1-3H3,(H,22,23,25);5-6,11H,7-9H2,1-4H3,(H,21,22,24). The molecule has 2 saturated carbocycles. The molecule has 0 spiro atoms. The summed E-state index contributed by atoms with van der Waals surface area (Å²) in [5.74, 6) is -6.04. The fourth-order valence-corrected chi connectivity index (χ4v) is 15.0. The summed E-state index contributed by atoms with van der Waals surface area (Å²) >= 11 is 0. The Kier molecular flexibility index (Phi) is 27.4. The molecule has 11 aromatic heterocycles. The van der Waals surface area contributed by atoms with E-state index in [1.54, 1.807) is 83.6 Å². The number of amides is 5. The lowest BCUT2D eigenvalue weighted by Gasteiger charge is -2.37. The minimum Gasteiger partial charge on any atom is -0.395 e. The zero-order valence-corrected chi connectivity index (χ0v) is 76.5. The molecule has 3 aromatic carbocycles. The Labute approximate surface area is 761 Å². The van der Waals surface area contributed by atoms with E-state index in [2.05, 4.69) is 97.8 Å². The molecule has 6 N–H and O–H groups in total. The van der Waals surface area contributed by atoms with Crippen molar-refractivity contribution in [1.29, 1.82) is 0 Å². The molecule has 134 heavy (non-hydrogen) atoms. The lowest BCUT2D eigenvalue weighted by molar-refractivity contribution is -0.286.